The average molecular weight is 142 g/mol. The van der Waals surface area contributed by atoms with Crippen molar-refractivity contribution < 1.29 is 9.50 Å². The Morgan fingerprint density at radius 2 is 2.50 bits per heavy atom. The van der Waals surface area contributed by atoms with Crippen LogP contribution in [0.2, 0.25) is 0 Å². The zero-order valence-electron chi connectivity index (χ0n) is 5.92. The second-order valence-corrected chi connectivity index (χ2v) is 2.59. The van der Waals surface area contributed by atoms with Crippen LogP contribution in [0.15, 0.2) is 24.1 Å². The molecular weight excluding hydrogens is 131 g/mol. The summed E-state index contributed by atoms with van der Waals surface area (Å²) in [6.45, 7) is 1.71. The zero-order valence-corrected chi connectivity index (χ0v) is 5.92. The van der Waals surface area contributed by atoms with Crippen molar-refractivity contribution in [2.75, 3.05) is 0 Å². The average Bonchev–Trinajstić information content (AvgIpc) is 1.88. The van der Waals surface area contributed by atoms with Crippen LogP contribution in [0.25, 0.3) is 0 Å². The first-order valence-electron chi connectivity index (χ1n) is 3.42. The van der Waals surface area contributed by atoms with Gasteiger partial charge in [0.2, 0.25) is 0 Å². The number of aliphatic hydroxyl groups is 1. The SMILES string of the molecule is CC(O)C1C=CC(F)=CC1. The van der Waals surface area contributed by atoms with Crippen LogP contribution in [0.1, 0.15) is 13.3 Å². The van der Waals surface area contributed by atoms with Gasteiger partial charge in [-0.2, -0.15) is 0 Å². The molecule has 0 saturated heterocycles. The first kappa shape index (κ1) is 7.48. The maximum atomic E-state index is 12.3. The van der Waals surface area contributed by atoms with Crippen molar-refractivity contribution in [2.45, 2.75) is 19.4 Å². The molecule has 0 aliphatic heterocycles. The number of aliphatic hydroxyl groups excluding tert-OH is 1. The minimum absolute atomic E-state index is 0.0968. The van der Waals surface area contributed by atoms with E-state index in [0.717, 1.165) is 0 Å². The van der Waals surface area contributed by atoms with E-state index in [2.05, 4.69) is 0 Å². The lowest BCUT2D eigenvalue weighted by molar-refractivity contribution is 0.149. The van der Waals surface area contributed by atoms with Crippen LogP contribution in [0.3, 0.4) is 0 Å². The van der Waals surface area contributed by atoms with Crippen LogP contribution in [0, 0.1) is 5.92 Å². The Morgan fingerprint density at radius 1 is 1.80 bits per heavy atom. The van der Waals surface area contributed by atoms with Gasteiger partial charge in [0, 0.05) is 5.92 Å². The quantitative estimate of drug-likeness (QED) is 0.591. The van der Waals surface area contributed by atoms with Crippen molar-refractivity contribution in [3.05, 3.63) is 24.1 Å². The number of hydrogen-bond donors (Lipinski definition) is 1. The standard InChI is InChI=1S/C8H11FO/c1-6(10)7-2-4-8(9)5-3-7/h2,4-7,10H,3H2,1H3. The molecule has 0 aromatic heterocycles. The Labute approximate surface area is 59.9 Å². The smallest absolute Gasteiger partial charge is 0.118 e. The minimum Gasteiger partial charge on any atom is -0.393 e. The van der Waals surface area contributed by atoms with Gasteiger partial charge in [-0.3, -0.25) is 0 Å². The number of rotatable bonds is 1. The third-order valence-corrected chi connectivity index (χ3v) is 1.71. The summed E-state index contributed by atoms with van der Waals surface area (Å²) in [4.78, 5) is 0. The normalized spacial score (nSPS) is 27.9. The number of halogens is 1. The van der Waals surface area contributed by atoms with Crippen molar-refractivity contribution in [1.29, 1.82) is 0 Å². The molecule has 0 aromatic carbocycles. The lowest BCUT2D eigenvalue weighted by Crippen LogP contribution is -2.14. The van der Waals surface area contributed by atoms with Crippen LogP contribution in [-0.4, -0.2) is 11.2 Å². The molecule has 1 N–H and O–H groups in total. The summed E-state index contributed by atoms with van der Waals surface area (Å²) in [6.07, 6.45) is 4.85. The summed E-state index contributed by atoms with van der Waals surface area (Å²) in [5.41, 5.74) is 0. The fraction of sp³-hybridized carbons (Fsp3) is 0.500. The molecule has 0 aromatic rings. The number of hydrogen-bond acceptors (Lipinski definition) is 1. The summed E-state index contributed by atoms with van der Waals surface area (Å²) in [6, 6.07) is 0. The molecule has 0 amide bonds. The molecule has 1 nitrogen and oxygen atoms in total. The second kappa shape index (κ2) is 2.97. The molecular formula is C8H11FO. The predicted molar refractivity (Wildman–Crippen MR) is 38.1 cm³/mol. The molecule has 0 heterocycles. The highest BCUT2D eigenvalue weighted by atomic mass is 19.1. The summed E-state index contributed by atoms with van der Waals surface area (Å²) in [5, 5.41) is 9.06. The third kappa shape index (κ3) is 1.67. The van der Waals surface area contributed by atoms with Crippen LogP contribution in [0.5, 0.6) is 0 Å². The van der Waals surface area contributed by atoms with E-state index in [1.165, 1.54) is 12.2 Å². The van der Waals surface area contributed by atoms with Crippen LogP contribution < -0.4 is 0 Å². The van der Waals surface area contributed by atoms with E-state index in [1.807, 2.05) is 0 Å². The molecule has 2 unspecified atom stereocenters. The highest BCUT2D eigenvalue weighted by Crippen LogP contribution is 2.19. The van der Waals surface area contributed by atoms with E-state index < -0.39 is 0 Å². The fourth-order valence-electron chi connectivity index (χ4n) is 0.969. The maximum absolute atomic E-state index is 12.3. The molecule has 0 bridgehead atoms. The highest BCUT2D eigenvalue weighted by Gasteiger charge is 2.12. The highest BCUT2D eigenvalue weighted by molar-refractivity contribution is 5.17. The van der Waals surface area contributed by atoms with Crippen molar-refractivity contribution in [3.8, 4) is 0 Å². The van der Waals surface area contributed by atoms with Crippen LogP contribution >= 0.6 is 0 Å². The molecule has 0 spiro atoms. The Morgan fingerprint density at radius 3 is 2.90 bits per heavy atom. The molecule has 2 atom stereocenters. The van der Waals surface area contributed by atoms with Crippen molar-refractivity contribution in [3.63, 3.8) is 0 Å². The molecule has 56 valence electrons. The monoisotopic (exact) mass is 142 g/mol. The van der Waals surface area contributed by atoms with E-state index in [0.29, 0.717) is 6.42 Å². The van der Waals surface area contributed by atoms with Gasteiger partial charge >= 0.3 is 0 Å². The Kier molecular flexibility index (Phi) is 2.22. The first-order chi connectivity index (χ1) is 4.70. The molecule has 1 aliphatic carbocycles. The second-order valence-electron chi connectivity index (χ2n) is 2.59. The minimum atomic E-state index is -0.374. The third-order valence-electron chi connectivity index (χ3n) is 1.71. The summed E-state index contributed by atoms with van der Waals surface area (Å²) >= 11 is 0. The van der Waals surface area contributed by atoms with Crippen molar-refractivity contribution >= 4 is 0 Å². The van der Waals surface area contributed by atoms with Crippen molar-refractivity contribution in [1.82, 2.24) is 0 Å². The molecule has 1 rings (SSSR count). The van der Waals surface area contributed by atoms with Gasteiger partial charge in [-0.05, 0) is 25.5 Å². The van der Waals surface area contributed by atoms with Gasteiger partial charge < -0.3 is 5.11 Å². The number of allylic oxidation sites excluding steroid dienone is 3. The van der Waals surface area contributed by atoms with Crippen LogP contribution in [-0.2, 0) is 0 Å². The lowest BCUT2D eigenvalue weighted by atomic mass is 9.96. The van der Waals surface area contributed by atoms with E-state index in [9.17, 15) is 4.39 Å². The van der Waals surface area contributed by atoms with Crippen molar-refractivity contribution in [2.24, 2.45) is 5.92 Å². The first-order valence-corrected chi connectivity index (χ1v) is 3.42. The molecule has 2 heteroatoms. The van der Waals surface area contributed by atoms with Gasteiger partial charge in [0.05, 0.1) is 6.10 Å². The topological polar surface area (TPSA) is 20.2 Å². The lowest BCUT2D eigenvalue weighted by Gasteiger charge is -2.15. The molecule has 0 fully saturated rings. The molecule has 10 heavy (non-hydrogen) atoms. The maximum Gasteiger partial charge on any atom is 0.118 e. The van der Waals surface area contributed by atoms with E-state index in [4.69, 9.17) is 5.11 Å². The largest absolute Gasteiger partial charge is 0.393 e. The Hall–Kier alpha value is -0.630. The Balaban J connectivity index is 2.52. The van der Waals surface area contributed by atoms with Gasteiger partial charge in [0.1, 0.15) is 5.83 Å². The van der Waals surface area contributed by atoms with Gasteiger partial charge in [-0.1, -0.05) is 6.08 Å². The Bertz CT molecular complexity index is 170. The van der Waals surface area contributed by atoms with E-state index in [-0.39, 0.29) is 17.8 Å². The van der Waals surface area contributed by atoms with Crippen LogP contribution in [0.4, 0.5) is 4.39 Å². The zero-order chi connectivity index (χ0) is 7.56. The summed E-state index contributed by atoms with van der Waals surface area (Å²) in [5.74, 6) is -0.101. The molecule has 0 saturated carbocycles. The van der Waals surface area contributed by atoms with Gasteiger partial charge in [-0.25, -0.2) is 4.39 Å². The summed E-state index contributed by atoms with van der Waals surface area (Å²) in [7, 11) is 0. The molecule has 0 radical (unpaired) electrons. The van der Waals surface area contributed by atoms with Gasteiger partial charge in [0.25, 0.3) is 0 Å². The summed E-state index contributed by atoms with van der Waals surface area (Å²) < 4.78 is 12.3. The predicted octanol–water partition coefficient (Wildman–Crippen LogP) is 1.80. The molecule has 1 aliphatic rings. The van der Waals surface area contributed by atoms with Gasteiger partial charge in [0.15, 0.2) is 0 Å². The van der Waals surface area contributed by atoms with Gasteiger partial charge in [-0.15, -0.1) is 0 Å². The van der Waals surface area contributed by atoms with E-state index in [1.54, 1.807) is 13.0 Å². The van der Waals surface area contributed by atoms with E-state index >= 15 is 0 Å². The fourth-order valence-corrected chi connectivity index (χ4v) is 0.969.